The molecule has 1 aliphatic rings. The van der Waals surface area contributed by atoms with E-state index < -0.39 is 0 Å². The van der Waals surface area contributed by atoms with Crippen LogP contribution in [0.25, 0.3) is 0 Å². The largest absolute Gasteiger partial charge is 0.389 e. The second-order valence-corrected chi connectivity index (χ2v) is 4.22. The van der Waals surface area contributed by atoms with Crippen LogP contribution in [0.4, 0.5) is 0 Å². The van der Waals surface area contributed by atoms with Crippen LogP contribution in [0.3, 0.4) is 0 Å². The lowest BCUT2D eigenvalue weighted by atomic mass is 9.75. The topological polar surface area (TPSA) is 20.2 Å². The van der Waals surface area contributed by atoms with Crippen molar-refractivity contribution in [3.63, 3.8) is 0 Å². The summed E-state index contributed by atoms with van der Waals surface area (Å²) < 4.78 is 0. The van der Waals surface area contributed by atoms with Gasteiger partial charge in [0.25, 0.3) is 0 Å². The van der Waals surface area contributed by atoms with Crippen LogP contribution in [0.15, 0.2) is 12.2 Å². The molecule has 13 heavy (non-hydrogen) atoms. The maximum absolute atomic E-state index is 10.4. The third-order valence-electron chi connectivity index (χ3n) is 3.09. The minimum absolute atomic E-state index is 0.389. The van der Waals surface area contributed by atoms with E-state index in [0.29, 0.717) is 5.92 Å². The van der Waals surface area contributed by atoms with Crippen LogP contribution in [0.1, 0.15) is 52.4 Å². The van der Waals surface area contributed by atoms with Crippen LogP contribution in [-0.2, 0) is 0 Å². The van der Waals surface area contributed by atoms with Gasteiger partial charge < -0.3 is 5.11 Å². The first-order valence-corrected chi connectivity index (χ1v) is 5.62. The molecule has 1 heteroatoms. The molecule has 0 saturated heterocycles. The maximum Gasteiger partial charge on any atom is 0.0712 e. The molecule has 0 bridgehead atoms. The normalized spacial score (nSPS) is 33.6. The van der Waals surface area contributed by atoms with Crippen LogP contribution < -0.4 is 0 Å². The van der Waals surface area contributed by atoms with Crippen LogP contribution in [-0.4, -0.2) is 10.7 Å². The van der Waals surface area contributed by atoms with Gasteiger partial charge in [-0.25, -0.2) is 0 Å². The fraction of sp³-hybridized carbons (Fsp3) is 0.833. The van der Waals surface area contributed by atoms with Crippen LogP contribution in [0, 0.1) is 5.92 Å². The molecule has 0 heterocycles. The van der Waals surface area contributed by atoms with Gasteiger partial charge in [0.05, 0.1) is 5.60 Å². The lowest BCUT2D eigenvalue weighted by molar-refractivity contribution is -0.0238. The van der Waals surface area contributed by atoms with Crippen molar-refractivity contribution in [2.24, 2.45) is 5.92 Å². The van der Waals surface area contributed by atoms with Gasteiger partial charge in [-0.15, -0.1) is 0 Å². The molecule has 2 unspecified atom stereocenters. The van der Waals surface area contributed by atoms with Crippen molar-refractivity contribution >= 4 is 0 Å². The van der Waals surface area contributed by atoms with Gasteiger partial charge in [-0.1, -0.05) is 38.8 Å². The zero-order valence-electron chi connectivity index (χ0n) is 8.92. The van der Waals surface area contributed by atoms with E-state index in [-0.39, 0.29) is 5.60 Å². The Morgan fingerprint density at radius 1 is 1.38 bits per heavy atom. The van der Waals surface area contributed by atoms with Gasteiger partial charge in [-0.2, -0.15) is 0 Å². The summed E-state index contributed by atoms with van der Waals surface area (Å²) in [5.41, 5.74) is -0.389. The van der Waals surface area contributed by atoms with Crippen molar-refractivity contribution < 1.29 is 5.11 Å². The molecule has 0 aromatic heterocycles. The van der Waals surface area contributed by atoms with Crippen LogP contribution in [0.5, 0.6) is 0 Å². The minimum atomic E-state index is -0.389. The van der Waals surface area contributed by atoms with Gasteiger partial charge in [0.2, 0.25) is 0 Å². The Hall–Kier alpha value is -0.300. The number of allylic oxidation sites excluding steroid dienone is 1. The van der Waals surface area contributed by atoms with Crippen molar-refractivity contribution in [3.05, 3.63) is 12.2 Å². The van der Waals surface area contributed by atoms with E-state index in [0.717, 1.165) is 32.1 Å². The molecule has 1 nitrogen and oxygen atoms in total. The fourth-order valence-electron chi connectivity index (χ4n) is 2.38. The highest BCUT2D eigenvalue weighted by Gasteiger charge is 2.34. The first-order valence-electron chi connectivity index (χ1n) is 5.62. The summed E-state index contributed by atoms with van der Waals surface area (Å²) in [5, 5.41) is 10.4. The zero-order valence-corrected chi connectivity index (χ0v) is 8.92. The summed E-state index contributed by atoms with van der Waals surface area (Å²) in [6.45, 7) is 4.34. The predicted molar refractivity (Wildman–Crippen MR) is 56.6 cm³/mol. The molecule has 0 aromatic rings. The second-order valence-electron chi connectivity index (χ2n) is 4.22. The quantitative estimate of drug-likeness (QED) is 0.661. The van der Waals surface area contributed by atoms with Crippen molar-refractivity contribution in [2.45, 2.75) is 58.0 Å². The molecule has 1 aliphatic carbocycles. The molecule has 76 valence electrons. The number of aliphatic hydroxyl groups is 1. The summed E-state index contributed by atoms with van der Waals surface area (Å²) in [4.78, 5) is 0. The minimum Gasteiger partial charge on any atom is -0.389 e. The smallest absolute Gasteiger partial charge is 0.0712 e. The average Bonchev–Trinajstić information content (AvgIpc) is 2.10. The molecule has 0 aliphatic heterocycles. The molecule has 0 saturated carbocycles. The summed E-state index contributed by atoms with van der Waals surface area (Å²) in [6.07, 6.45) is 10.8. The molecule has 0 radical (unpaired) electrons. The van der Waals surface area contributed by atoms with Crippen molar-refractivity contribution in [1.29, 1.82) is 0 Å². The Kier molecular flexibility index (Phi) is 3.98. The standard InChI is InChI=1S/C12H22O/c1-3-7-11-8-5-6-10-12(11,13)9-4-2/h5,8,11,13H,3-4,6-7,9-10H2,1-2H3. The lowest BCUT2D eigenvalue weighted by Gasteiger charge is -2.37. The van der Waals surface area contributed by atoms with E-state index in [9.17, 15) is 5.11 Å². The molecule has 2 atom stereocenters. The average molecular weight is 182 g/mol. The van der Waals surface area contributed by atoms with Gasteiger partial charge in [-0.3, -0.25) is 0 Å². The van der Waals surface area contributed by atoms with E-state index in [1.165, 1.54) is 6.42 Å². The second kappa shape index (κ2) is 4.80. The highest BCUT2D eigenvalue weighted by Crippen LogP contribution is 2.35. The summed E-state index contributed by atoms with van der Waals surface area (Å²) in [7, 11) is 0. The fourth-order valence-corrected chi connectivity index (χ4v) is 2.38. The SMILES string of the molecule is CCCC1C=CCCC1(O)CCC. The molecule has 1 rings (SSSR count). The predicted octanol–water partition coefficient (Wildman–Crippen LogP) is 3.28. The molecular formula is C12H22O. The monoisotopic (exact) mass is 182 g/mol. The number of hydrogen-bond acceptors (Lipinski definition) is 1. The molecule has 1 N–H and O–H groups in total. The van der Waals surface area contributed by atoms with Crippen LogP contribution in [0.2, 0.25) is 0 Å². The van der Waals surface area contributed by atoms with Gasteiger partial charge in [-0.05, 0) is 25.7 Å². The van der Waals surface area contributed by atoms with E-state index in [1.807, 2.05) is 0 Å². The van der Waals surface area contributed by atoms with Crippen molar-refractivity contribution in [1.82, 2.24) is 0 Å². The molecule has 0 fully saturated rings. The first-order chi connectivity index (χ1) is 6.23. The third-order valence-corrected chi connectivity index (χ3v) is 3.09. The Balaban J connectivity index is 2.63. The summed E-state index contributed by atoms with van der Waals surface area (Å²) in [6, 6.07) is 0. The van der Waals surface area contributed by atoms with Crippen LogP contribution >= 0.6 is 0 Å². The van der Waals surface area contributed by atoms with Crippen molar-refractivity contribution in [3.8, 4) is 0 Å². The Bertz CT molecular complexity index is 174. The molecule has 0 spiro atoms. The molecule has 0 aromatic carbocycles. The highest BCUT2D eigenvalue weighted by molar-refractivity contribution is 5.04. The van der Waals surface area contributed by atoms with Gasteiger partial charge >= 0.3 is 0 Å². The van der Waals surface area contributed by atoms with Gasteiger partial charge in [0.15, 0.2) is 0 Å². The van der Waals surface area contributed by atoms with Gasteiger partial charge in [0.1, 0.15) is 0 Å². The van der Waals surface area contributed by atoms with E-state index in [1.54, 1.807) is 0 Å². The Morgan fingerprint density at radius 2 is 2.15 bits per heavy atom. The summed E-state index contributed by atoms with van der Waals surface area (Å²) in [5.74, 6) is 0.409. The highest BCUT2D eigenvalue weighted by atomic mass is 16.3. The van der Waals surface area contributed by atoms with Gasteiger partial charge in [0, 0.05) is 5.92 Å². The van der Waals surface area contributed by atoms with E-state index in [4.69, 9.17) is 0 Å². The van der Waals surface area contributed by atoms with E-state index in [2.05, 4.69) is 26.0 Å². The number of rotatable bonds is 4. The van der Waals surface area contributed by atoms with Crippen molar-refractivity contribution in [2.75, 3.05) is 0 Å². The Labute approximate surface area is 81.9 Å². The zero-order chi connectivity index (χ0) is 9.73. The third kappa shape index (κ3) is 2.57. The maximum atomic E-state index is 10.4. The lowest BCUT2D eigenvalue weighted by Crippen LogP contribution is -2.38. The van der Waals surface area contributed by atoms with E-state index >= 15 is 0 Å². The molecular weight excluding hydrogens is 160 g/mol. The molecule has 0 amide bonds. The first kappa shape index (κ1) is 10.8. The summed E-state index contributed by atoms with van der Waals surface area (Å²) >= 11 is 0. The number of hydrogen-bond donors (Lipinski definition) is 1. The Morgan fingerprint density at radius 3 is 2.77 bits per heavy atom.